The van der Waals surface area contributed by atoms with E-state index in [1.54, 1.807) is 17.4 Å². The smallest absolute Gasteiger partial charge is 0.371 e. The second-order valence-corrected chi connectivity index (χ2v) is 4.71. The number of nitrogens with one attached hydrogen (secondary N) is 1. The first-order valence-corrected chi connectivity index (χ1v) is 6.18. The van der Waals surface area contributed by atoms with Crippen molar-refractivity contribution < 1.29 is 14.3 Å². The Morgan fingerprint density at radius 3 is 2.89 bits per heavy atom. The van der Waals surface area contributed by atoms with Crippen molar-refractivity contribution in [3.63, 3.8) is 0 Å². The van der Waals surface area contributed by atoms with Crippen molar-refractivity contribution in [3.05, 3.63) is 47.5 Å². The van der Waals surface area contributed by atoms with Crippen LogP contribution in [0.4, 0.5) is 11.6 Å². The number of carboxylic acid groups (broad SMARTS) is 1. The van der Waals surface area contributed by atoms with E-state index < -0.39 is 5.97 Å². The molecule has 3 rings (SSSR count). The number of furan rings is 1. The van der Waals surface area contributed by atoms with E-state index in [4.69, 9.17) is 9.52 Å². The first kappa shape index (κ1) is 10.9. The third-order valence-corrected chi connectivity index (χ3v) is 3.43. The summed E-state index contributed by atoms with van der Waals surface area (Å²) in [5.74, 6) is -0.729. The second-order valence-electron chi connectivity index (χ2n) is 3.77. The molecule has 3 aromatic rings. The minimum atomic E-state index is -1.07. The van der Waals surface area contributed by atoms with Crippen molar-refractivity contribution in [2.24, 2.45) is 0 Å². The van der Waals surface area contributed by atoms with Gasteiger partial charge >= 0.3 is 5.97 Å². The summed E-state index contributed by atoms with van der Waals surface area (Å²) < 4.78 is 6.35. The van der Waals surface area contributed by atoms with Crippen LogP contribution >= 0.6 is 11.3 Å². The molecule has 0 aliphatic carbocycles. The Morgan fingerprint density at radius 2 is 2.11 bits per heavy atom. The Hall–Kier alpha value is -2.27. The van der Waals surface area contributed by atoms with E-state index in [9.17, 15) is 4.79 Å². The fourth-order valence-electron chi connectivity index (χ4n) is 1.71. The Bertz CT molecular complexity index is 714. The minimum absolute atomic E-state index is 0.0749. The molecule has 0 fully saturated rings. The SMILES string of the molecule is O=C(O)c1ccc(Nc2ccc3sccc3c2)o1. The standard InChI is InChI=1S/C13H9NO3S/c15-13(16)10-2-4-12(17-10)14-9-1-3-11-8(7-9)5-6-18-11/h1-7,14H,(H,15,16). The topological polar surface area (TPSA) is 62.5 Å². The van der Waals surface area contributed by atoms with Gasteiger partial charge in [-0.05, 0) is 41.1 Å². The maximum Gasteiger partial charge on any atom is 0.371 e. The predicted octanol–water partition coefficient (Wildman–Crippen LogP) is 3.94. The summed E-state index contributed by atoms with van der Waals surface area (Å²) in [5.41, 5.74) is 0.868. The lowest BCUT2D eigenvalue weighted by molar-refractivity contribution is 0.0663. The van der Waals surface area contributed by atoms with Gasteiger partial charge in [0.15, 0.2) is 5.88 Å². The zero-order chi connectivity index (χ0) is 12.5. The van der Waals surface area contributed by atoms with Crippen LogP contribution in [0.3, 0.4) is 0 Å². The summed E-state index contributed by atoms with van der Waals surface area (Å²) in [6, 6.07) is 11.0. The molecule has 0 amide bonds. The van der Waals surface area contributed by atoms with Gasteiger partial charge < -0.3 is 14.8 Å². The molecule has 18 heavy (non-hydrogen) atoms. The van der Waals surface area contributed by atoms with E-state index in [2.05, 4.69) is 5.32 Å². The van der Waals surface area contributed by atoms with Crippen LogP contribution in [0.5, 0.6) is 0 Å². The molecule has 4 nitrogen and oxygen atoms in total. The number of carboxylic acids is 1. The summed E-state index contributed by atoms with van der Waals surface area (Å²) in [4.78, 5) is 10.7. The fraction of sp³-hybridized carbons (Fsp3) is 0. The number of hydrogen-bond donors (Lipinski definition) is 2. The van der Waals surface area contributed by atoms with Crippen LogP contribution < -0.4 is 5.32 Å². The molecule has 0 saturated carbocycles. The molecule has 0 aliphatic heterocycles. The van der Waals surface area contributed by atoms with E-state index >= 15 is 0 Å². The first-order valence-electron chi connectivity index (χ1n) is 5.30. The van der Waals surface area contributed by atoms with Crippen LogP contribution in [0.25, 0.3) is 10.1 Å². The number of hydrogen-bond acceptors (Lipinski definition) is 4. The quantitative estimate of drug-likeness (QED) is 0.748. The van der Waals surface area contributed by atoms with E-state index in [-0.39, 0.29) is 5.76 Å². The van der Waals surface area contributed by atoms with Crippen LogP contribution in [0.1, 0.15) is 10.6 Å². The lowest BCUT2D eigenvalue weighted by atomic mass is 10.2. The van der Waals surface area contributed by atoms with Gasteiger partial charge in [-0.2, -0.15) is 0 Å². The van der Waals surface area contributed by atoms with Crippen molar-refractivity contribution in [1.82, 2.24) is 0 Å². The molecule has 2 heterocycles. The largest absolute Gasteiger partial charge is 0.475 e. The molecular formula is C13H9NO3S. The molecule has 2 aromatic heterocycles. The molecule has 5 heteroatoms. The van der Waals surface area contributed by atoms with Crippen molar-refractivity contribution in [3.8, 4) is 0 Å². The van der Waals surface area contributed by atoms with Gasteiger partial charge in [-0.3, -0.25) is 0 Å². The molecular weight excluding hydrogens is 250 g/mol. The molecule has 0 atom stereocenters. The van der Waals surface area contributed by atoms with E-state index in [1.807, 2.05) is 29.6 Å². The molecule has 2 N–H and O–H groups in total. The van der Waals surface area contributed by atoms with Crippen molar-refractivity contribution in [2.45, 2.75) is 0 Å². The third-order valence-electron chi connectivity index (χ3n) is 2.54. The summed E-state index contributed by atoms with van der Waals surface area (Å²) in [7, 11) is 0. The highest BCUT2D eigenvalue weighted by Gasteiger charge is 2.08. The van der Waals surface area contributed by atoms with E-state index in [0.29, 0.717) is 5.88 Å². The number of benzene rings is 1. The van der Waals surface area contributed by atoms with Crippen LogP contribution in [0, 0.1) is 0 Å². The minimum Gasteiger partial charge on any atom is -0.475 e. The molecule has 0 bridgehead atoms. The van der Waals surface area contributed by atoms with E-state index in [1.165, 1.54) is 10.8 Å². The lowest BCUT2D eigenvalue weighted by Crippen LogP contribution is -1.92. The molecule has 0 unspecified atom stereocenters. The van der Waals surface area contributed by atoms with Crippen molar-refractivity contribution in [2.75, 3.05) is 5.32 Å². The van der Waals surface area contributed by atoms with Crippen LogP contribution in [0.2, 0.25) is 0 Å². The van der Waals surface area contributed by atoms with Gasteiger partial charge in [-0.25, -0.2) is 4.79 Å². The Balaban J connectivity index is 1.88. The van der Waals surface area contributed by atoms with Crippen LogP contribution in [-0.4, -0.2) is 11.1 Å². The summed E-state index contributed by atoms with van der Waals surface area (Å²) in [5, 5.41) is 15.0. The summed E-state index contributed by atoms with van der Waals surface area (Å²) >= 11 is 1.68. The highest BCUT2D eigenvalue weighted by Crippen LogP contribution is 2.26. The van der Waals surface area contributed by atoms with Crippen LogP contribution in [0.15, 0.2) is 46.2 Å². The van der Waals surface area contributed by atoms with Gasteiger partial charge in [-0.1, -0.05) is 0 Å². The van der Waals surface area contributed by atoms with Gasteiger partial charge in [0.2, 0.25) is 5.76 Å². The number of fused-ring (bicyclic) bond motifs is 1. The summed E-state index contributed by atoms with van der Waals surface area (Å²) in [6.07, 6.45) is 0. The van der Waals surface area contributed by atoms with Gasteiger partial charge in [0, 0.05) is 16.5 Å². The number of carbonyl (C=O) groups is 1. The van der Waals surface area contributed by atoms with Gasteiger partial charge in [-0.15, -0.1) is 11.3 Å². The molecule has 0 aliphatic rings. The van der Waals surface area contributed by atoms with E-state index in [0.717, 1.165) is 11.1 Å². The zero-order valence-corrected chi connectivity index (χ0v) is 10.0. The van der Waals surface area contributed by atoms with Crippen molar-refractivity contribution >= 4 is 39.0 Å². The first-order chi connectivity index (χ1) is 8.72. The zero-order valence-electron chi connectivity index (χ0n) is 9.21. The monoisotopic (exact) mass is 259 g/mol. The molecule has 0 spiro atoms. The van der Waals surface area contributed by atoms with Gasteiger partial charge in [0.05, 0.1) is 0 Å². The lowest BCUT2D eigenvalue weighted by Gasteiger charge is -2.02. The highest BCUT2D eigenvalue weighted by molar-refractivity contribution is 7.17. The number of anilines is 2. The molecule has 1 aromatic carbocycles. The van der Waals surface area contributed by atoms with Crippen LogP contribution in [-0.2, 0) is 0 Å². The molecule has 90 valence electrons. The van der Waals surface area contributed by atoms with Gasteiger partial charge in [0.1, 0.15) is 0 Å². The average molecular weight is 259 g/mol. The fourth-order valence-corrected chi connectivity index (χ4v) is 2.48. The number of thiophene rings is 1. The number of rotatable bonds is 3. The number of aromatic carboxylic acids is 1. The second kappa shape index (κ2) is 4.19. The Labute approximate surface area is 106 Å². The Morgan fingerprint density at radius 1 is 1.22 bits per heavy atom. The summed E-state index contributed by atoms with van der Waals surface area (Å²) in [6.45, 7) is 0. The molecule has 0 radical (unpaired) electrons. The Kier molecular flexibility index (Phi) is 2.53. The van der Waals surface area contributed by atoms with Crippen molar-refractivity contribution in [1.29, 1.82) is 0 Å². The maximum absolute atomic E-state index is 10.7. The predicted molar refractivity (Wildman–Crippen MR) is 70.8 cm³/mol. The molecule has 0 saturated heterocycles. The maximum atomic E-state index is 10.7. The highest BCUT2D eigenvalue weighted by atomic mass is 32.1. The van der Waals surface area contributed by atoms with Gasteiger partial charge in [0.25, 0.3) is 0 Å². The normalized spacial score (nSPS) is 10.7. The average Bonchev–Trinajstić information content (AvgIpc) is 2.96. The third kappa shape index (κ3) is 1.96.